The van der Waals surface area contributed by atoms with Gasteiger partial charge < -0.3 is 10.2 Å². The Morgan fingerprint density at radius 1 is 1.00 bits per heavy atom. The third-order valence-corrected chi connectivity index (χ3v) is 4.70. The highest BCUT2D eigenvalue weighted by molar-refractivity contribution is 4.77. The van der Waals surface area contributed by atoms with E-state index >= 15 is 0 Å². The van der Waals surface area contributed by atoms with Crippen LogP contribution in [0.3, 0.4) is 0 Å². The second kappa shape index (κ2) is 9.80. The van der Waals surface area contributed by atoms with Crippen LogP contribution < -0.4 is 5.32 Å². The first-order valence-corrected chi connectivity index (χ1v) is 8.12. The highest BCUT2D eigenvalue weighted by Crippen LogP contribution is 2.28. The Labute approximate surface area is 115 Å². The molecule has 0 heterocycles. The van der Waals surface area contributed by atoms with Crippen LogP contribution >= 0.6 is 0 Å². The smallest absolute Gasteiger partial charge is 0.00924 e. The molecule has 0 atom stereocenters. The molecule has 1 rings (SSSR count). The second-order valence-corrected chi connectivity index (χ2v) is 6.08. The average Bonchev–Trinajstić information content (AvgIpc) is 2.42. The lowest BCUT2D eigenvalue weighted by molar-refractivity contribution is 0.161. The molecule has 1 aliphatic carbocycles. The summed E-state index contributed by atoms with van der Waals surface area (Å²) in [6.45, 7) is 4.83. The van der Waals surface area contributed by atoms with Crippen molar-refractivity contribution >= 4 is 0 Å². The number of rotatable bonds is 9. The van der Waals surface area contributed by atoms with Crippen LogP contribution in [0.5, 0.6) is 0 Å². The van der Waals surface area contributed by atoms with Gasteiger partial charge in [-0.1, -0.05) is 26.2 Å². The Morgan fingerprint density at radius 2 is 1.67 bits per heavy atom. The summed E-state index contributed by atoms with van der Waals surface area (Å²) in [5.41, 5.74) is 0. The van der Waals surface area contributed by atoms with E-state index in [-0.39, 0.29) is 0 Å². The predicted molar refractivity (Wildman–Crippen MR) is 81.1 cm³/mol. The van der Waals surface area contributed by atoms with E-state index in [1.807, 2.05) is 7.05 Å². The Bertz CT molecular complexity index is 186. The summed E-state index contributed by atoms with van der Waals surface area (Å²) < 4.78 is 0. The molecule has 1 N–H and O–H groups in total. The summed E-state index contributed by atoms with van der Waals surface area (Å²) in [7, 11) is 4.38. The van der Waals surface area contributed by atoms with Crippen molar-refractivity contribution < 1.29 is 0 Å². The van der Waals surface area contributed by atoms with E-state index in [0.717, 1.165) is 12.0 Å². The van der Waals surface area contributed by atoms with Gasteiger partial charge in [0.2, 0.25) is 0 Å². The van der Waals surface area contributed by atoms with Crippen LogP contribution in [0.4, 0.5) is 0 Å². The highest BCUT2D eigenvalue weighted by atomic mass is 15.1. The molecule has 1 aliphatic rings. The monoisotopic (exact) mass is 254 g/mol. The van der Waals surface area contributed by atoms with E-state index in [4.69, 9.17) is 0 Å². The van der Waals surface area contributed by atoms with E-state index in [0.29, 0.717) is 0 Å². The van der Waals surface area contributed by atoms with Gasteiger partial charge in [-0.15, -0.1) is 0 Å². The molecule has 0 spiro atoms. The molecule has 0 aromatic heterocycles. The maximum atomic E-state index is 3.22. The van der Waals surface area contributed by atoms with Gasteiger partial charge in [0.05, 0.1) is 0 Å². The number of nitrogens with zero attached hydrogens (tertiary/aromatic N) is 1. The van der Waals surface area contributed by atoms with E-state index in [9.17, 15) is 0 Å². The van der Waals surface area contributed by atoms with Crippen molar-refractivity contribution in [3.05, 3.63) is 0 Å². The van der Waals surface area contributed by atoms with Gasteiger partial charge in [-0.3, -0.25) is 0 Å². The summed E-state index contributed by atoms with van der Waals surface area (Å²) in [5, 5.41) is 3.22. The molecule has 2 nitrogen and oxygen atoms in total. The van der Waals surface area contributed by atoms with Gasteiger partial charge in [-0.2, -0.15) is 0 Å². The van der Waals surface area contributed by atoms with Gasteiger partial charge in [0, 0.05) is 6.04 Å². The van der Waals surface area contributed by atoms with Crippen LogP contribution in [0, 0.1) is 5.92 Å². The molecule has 2 heteroatoms. The van der Waals surface area contributed by atoms with Crippen LogP contribution in [-0.2, 0) is 0 Å². The zero-order valence-electron chi connectivity index (χ0n) is 12.9. The van der Waals surface area contributed by atoms with Crippen molar-refractivity contribution in [2.24, 2.45) is 5.92 Å². The molecular weight excluding hydrogens is 220 g/mol. The molecule has 0 unspecified atom stereocenters. The number of nitrogens with one attached hydrogen (secondary N) is 1. The summed E-state index contributed by atoms with van der Waals surface area (Å²) in [6.07, 6.45) is 12.7. The predicted octanol–water partition coefficient (Wildman–Crippen LogP) is 3.67. The zero-order chi connectivity index (χ0) is 13.2. The van der Waals surface area contributed by atoms with Crippen molar-refractivity contribution in [1.29, 1.82) is 0 Å². The molecular formula is C16H34N2. The molecule has 1 saturated carbocycles. The first kappa shape index (κ1) is 16.0. The first-order valence-electron chi connectivity index (χ1n) is 8.12. The van der Waals surface area contributed by atoms with Crippen molar-refractivity contribution in [3.63, 3.8) is 0 Å². The maximum Gasteiger partial charge on any atom is 0.00924 e. The molecule has 1 fully saturated rings. The van der Waals surface area contributed by atoms with E-state index in [1.54, 1.807) is 0 Å². The molecule has 0 aromatic rings. The SMILES string of the molecule is CCC1CCC(N(C)CCCCCCNC)CC1. The first-order chi connectivity index (χ1) is 8.77. The number of unbranched alkanes of at least 4 members (excludes halogenated alkanes) is 3. The molecule has 0 amide bonds. The third kappa shape index (κ3) is 6.19. The van der Waals surface area contributed by atoms with Crippen LogP contribution in [0.1, 0.15) is 64.7 Å². The summed E-state index contributed by atoms with van der Waals surface area (Å²) in [5.74, 6) is 1.02. The zero-order valence-corrected chi connectivity index (χ0v) is 12.9. The summed E-state index contributed by atoms with van der Waals surface area (Å²) >= 11 is 0. The van der Waals surface area contributed by atoms with Gasteiger partial charge in [0.15, 0.2) is 0 Å². The quantitative estimate of drug-likeness (QED) is 0.632. The standard InChI is InChI=1S/C16H34N2/c1-4-15-9-11-16(12-10-15)18(3)14-8-6-5-7-13-17-2/h15-17H,4-14H2,1-3H3. The molecule has 0 saturated heterocycles. The minimum absolute atomic E-state index is 0.880. The van der Waals surface area contributed by atoms with Gasteiger partial charge in [-0.05, 0) is 71.6 Å². The summed E-state index contributed by atoms with van der Waals surface area (Å²) in [6, 6.07) is 0.880. The van der Waals surface area contributed by atoms with E-state index in [2.05, 4.69) is 24.2 Å². The van der Waals surface area contributed by atoms with Crippen LogP contribution in [-0.4, -0.2) is 38.1 Å². The van der Waals surface area contributed by atoms with Crippen LogP contribution in [0.2, 0.25) is 0 Å². The number of hydrogen-bond donors (Lipinski definition) is 1. The minimum atomic E-state index is 0.880. The lowest BCUT2D eigenvalue weighted by atomic mass is 9.84. The van der Waals surface area contributed by atoms with Crippen molar-refractivity contribution in [3.8, 4) is 0 Å². The number of hydrogen-bond acceptors (Lipinski definition) is 2. The maximum absolute atomic E-state index is 3.22. The lowest BCUT2D eigenvalue weighted by Gasteiger charge is -2.34. The summed E-state index contributed by atoms with van der Waals surface area (Å²) in [4.78, 5) is 2.63. The van der Waals surface area contributed by atoms with E-state index in [1.165, 1.54) is 70.9 Å². The molecule has 0 aliphatic heterocycles. The van der Waals surface area contributed by atoms with Crippen molar-refractivity contribution in [2.45, 2.75) is 70.8 Å². The largest absolute Gasteiger partial charge is 0.320 e. The fraction of sp³-hybridized carbons (Fsp3) is 1.00. The van der Waals surface area contributed by atoms with Crippen LogP contribution in [0.15, 0.2) is 0 Å². The topological polar surface area (TPSA) is 15.3 Å². The third-order valence-electron chi connectivity index (χ3n) is 4.70. The Balaban J connectivity index is 2.01. The normalized spacial score (nSPS) is 24.7. The van der Waals surface area contributed by atoms with E-state index < -0.39 is 0 Å². The highest BCUT2D eigenvalue weighted by Gasteiger charge is 2.22. The molecule has 0 aromatic carbocycles. The second-order valence-electron chi connectivity index (χ2n) is 6.08. The van der Waals surface area contributed by atoms with Gasteiger partial charge in [0.1, 0.15) is 0 Å². The fourth-order valence-corrected chi connectivity index (χ4v) is 3.19. The molecule has 108 valence electrons. The van der Waals surface area contributed by atoms with Crippen molar-refractivity contribution in [2.75, 3.05) is 27.2 Å². The average molecular weight is 254 g/mol. The molecule has 0 radical (unpaired) electrons. The molecule has 0 bridgehead atoms. The van der Waals surface area contributed by atoms with Gasteiger partial charge in [-0.25, -0.2) is 0 Å². The Hall–Kier alpha value is -0.0800. The molecule has 18 heavy (non-hydrogen) atoms. The van der Waals surface area contributed by atoms with Crippen molar-refractivity contribution in [1.82, 2.24) is 10.2 Å². The fourth-order valence-electron chi connectivity index (χ4n) is 3.19. The van der Waals surface area contributed by atoms with Crippen LogP contribution in [0.25, 0.3) is 0 Å². The van der Waals surface area contributed by atoms with Gasteiger partial charge in [0.25, 0.3) is 0 Å². The Kier molecular flexibility index (Phi) is 8.70. The minimum Gasteiger partial charge on any atom is -0.320 e. The Morgan fingerprint density at radius 3 is 2.28 bits per heavy atom. The van der Waals surface area contributed by atoms with Gasteiger partial charge >= 0.3 is 0 Å². The lowest BCUT2D eigenvalue weighted by Crippen LogP contribution is -2.35.